The fraction of sp³-hybridized carbons (Fsp3) is 0.0330. The number of hydrogen-bond donors (Lipinski definition) is 0. The first-order chi connectivity index (χ1) is 44.9. The average Bonchev–Trinajstić information content (AvgIpc) is 1.68. The first-order valence-corrected chi connectivity index (χ1v) is 31.8. The normalized spacial score (nSPS) is 12.4. The van der Waals surface area contributed by atoms with Crippen molar-refractivity contribution in [2.45, 2.75) is 19.3 Å². The van der Waals surface area contributed by atoms with Gasteiger partial charge < -0.3 is 0 Å². The van der Waals surface area contributed by atoms with Gasteiger partial charge in [-0.15, -0.1) is 0 Å². The highest BCUT2D eigenvalue weighted by molar-refractivity contribution is 6.24. The lowest BCUT2D eigenvalue weighted by atomic mass is 9.80. The molecule has 0 saturated carbocycles. The van der Waals surface area contributed by atoms with E-state index >= 15 is 0 Å². The van der Waals surface area contributed by atoms with E-state index in [1.165, 1.54) is 176 Å². The first-order valence-electron chi connectivity index (χ1n) is 31.8. The molecule has 1 aliphatic rings. The largest absolute Gasteiger partial charge is 0.0622 e. The van der Waals surface area contributed by atoms with Gasteiger partial charge in [-0.3, -0.25) is 0 Å². The Morgan fingerprint density at radius 1 is 0.165 bits per heavy atom. The lowest BCUT2D eigenvalue weighted by molar-refractivity contribution is 0.661. The molecule has 91 heavy (non-hydrogen) atoms. The van der Waals surface area contributed by atoms with Crippen LogP contribution in [0.5, 0.6) is 0 Å². The van der Waals surface area contributed by atoms with Crippen molar-refractivity contribution in [3.8, 4) is 89.0 Å². The van der Waals surface area contributed by atoms with Gasteiger partial charge in [-0.2, -0.15) is 0 Å². The van der Waals surface area contributed by atoms with Crippen molar-refractivity contribution in [2.75, 3.05) is 0 Å². The van der Waals surface area contributed by atoms with Crippen LogP contribution in [0.4, 0.5) is 0 Å². The molecule has 17 aromatic rings. The van der Waals surface area contributed by atoms with Crippen molar-refractivity contribution < 1.29 is 0 Å². The topological polar surface area (TPSA) is 0 Å². The van der Waals surface area contributed by atoms with E-state index in [0.717, 1.165) is 0 Å². The van der Waals surface area contributed by atoms with Crippen molar-refractivity contribution in [1.29, 1.82) is 0 Å². The van der Waals surface area contributed by atoms with Gasteiger partial charge in [0.2, 0.25) is 0 Å². The molecule has 0 spiro atoms. The van der Waals surface area contributed by atoms with Crippen LogP contribution in [0.25, 0.3) is 164 Å². The fourth-order valence-electron chi connectivity index (χ4n) is 15.1. The minimum Gasteiger partial charge on any atom is -0.0622 e. The standard InChI is InChI=1S/C47H34.C44H28/c1-47(2)43-29-35(31-14-6-3-7-15-31)22-25-37(43)38-26-23-36(30-44(38)47)34-24-27-41-42(28-34)46(33-18-10-5-11-19-33)40-21-13-12-20-39(40)45(41)32-16-8-4-9-17-32;1-3-13-32-26-35(22-20-29(32)10-1)43-39-17-7-8-18-40(39)44(36-23-21-30-11-2-4-14-33(30)27-36)42-28-34(24-25-41(42)43)38-19-9-15-31-12-5-6-16-37(31)38/h3-30H,1-2H3;1-28H. The summed E-state index contributed by atoms with van der Waals surface area (Å²) >= 11 is 0. The zero-order valence-corrected chi connectivity index (χ0v) is 50.8. The molecule has 0 N–H and O–H groups in total. The Kier molecular flexibility index (Phi) is 13.0. The summed E-state index contributed by atoms with van der Waals surface area (Å²) in [4.78, 5) is 0. The summed E-state index contributed by atoms with van der Waals surface area (Å²) in [5.41, 5.74) is 23.0. The molecule has 0 heterocycles. The molecule has 0 radical (unpaired) electrons. The minimum atomic E-state index is -0.103. The van der Waals surface area contributed by atoms with Crippen LogP contribution in [-0.2, 0) is 5.41 Å². The Labute approximate surface area is 531 Å². The van der Waals surface area contributed by atoms with Gasteiger partial charge in [0.25, 0.3) is 0 Å². The maximum absolute atomic E-state index is 2.44. The molecule has 0 nitrogen and oxygen atoms in total. The van der Waals surface area contributed by atoms with Crippen molar-refractivity contribution in [3.05, 3.63) is 351 Å². The van der Waals surface area contributed by atoms with Crippen LogP contribution in [-0.4, -0.2) is 0 Å². The third-order valence-electron chi connectivity index (χ3n) is 19.5. The Morgan fingerprint density at radius 2 is 0.495 bits per heavy atom. The van der Waals surface area contributed by atoms with Crippen LogP contribution >= 0.6 is 0 Å². The molecule has 0 aliphatic heterocycles. The van der Waals surface area contributed by atoms with Crippen molar-refractivity contribution in [2.24, 2.45) is 0 Å². The lowest BCUT2D eigenvalue weighted by Gasteiger charge is -2.23. The number of fused-ring (bicyclic) bond motifs is 10. The van der Waals surface area contributed by atoms with Crippen LogP contribution < -0.4 is 0 Å². The second kappa shape index (κ2) is 22.0. The van der Waals surface area contributed by atoms with E-state index in [1.54, 1.807) is 0 Å². The molecular weight excluding hydrogens is 1090 g/mol. The van der Waals surface area contributed by atoms with Gasteiger partial charge in [0.05, 0.1) is 0 Å². The van der Waals surface area contributed by atoms with E-state index in [9.17, 15) is 0 Å². The van der Waals surface area contributed by atoms with Crippen LogP contribution in [0, 0.1) is 0 Å². The van der Waals surface area contributed by atoms with Gasteiger partial charge >= 0.3 is 0 Å². The Morgan fingerprint density at radius 3 is 1.01 bits per heavy atom. The Bertz CT molecular complexity index is 5710. The maximum atomic E-state index is 2.44. The summed E-state index contributed by atoms with van der Waals surface area (Å²) in [6.07, 6.45) is 0. The molecule has 0 atom stereocenters. The monoisotopic (exact) mass is 1150 g/mol. The van der Waals surface area contributed by atoms with E-state index in [0.29, 0.717) is 0 Å². The Balaban J connectivity index is 0.000000140. The van der Waals surface area contributed by atoms with Crippen molar-refractivity contribution in [3.63, 3.8) is 0 Å². The van der Waals surface area contributed by atoms with E-state index in [2.05, 4.69) is 354 Å². The summed E-state index contributed by atoms with van der Waals surface area (Å²) in [6, 6.07) is 125. The first kappa shape index (κ1) is 53.8. The highest BCUT2D eigenvalue weighted by atomic mass is 14.4. The molecule has 1 aliphatic carbocycles. The molecule has 0 unspecified atom stereocenters. The average molecular weight is 1160 g/mol. The van der Waals surface area contributed by atoms with Crippen LogP contribution in [0.2, 0.25) is 0 Å². The molecule has 0 heteroatoms. The zero-order chi connectivity index (χ0) is 60.6. The molecule has 0 fully saturated rings. The second-order valence-electron chi connectivity index (χ2n) is 25.0. The van der Waals surface area contributed by atoms with E-state index < -0.39 is 0 Å². The summed E-state index contributed by atoms with van der Waals surface area (Å²) in [5, 5.41) is 17.8. The predicted octanol–water partition coefficient (Wildman–Crippen LogP) is 25.4. The molecule has 0 bridgehead atoms. The molecule has 0 amide bonds. The van der Waals surface area contributed by atoms with Crippen molar-refractivity contribution in [1.82, 2.24) is 0 Å². The molecule has 0 saturated heterocycles. The highest BCUT2D eigenvalue weighted by Gasteiger charge is 2.36. The third-order valence-corrected chi connectivity index (χ3v) is 19.5. The third kappa shape index (κ3) is 9.21. The number of hydrogen-bond acceptors (Lipinski definition) is 0. The zero-order valence-electron chi connectivity index (χ0n) is 50.8. The van der Waals surface area contributed by atoms with E-state index in [1.807, 2.05) is 0 Å². The summed E-state index contributed by atoms with van der Waals surface area (Å²) in [7, 11) is 0. The van der Waals surface area contributed by atoms with Gasteiger partial charge in [0, 0.05) is 5.41 Å². The smallest absolute Gasteiger partial charge is 0.0159 e. The number of benzene rings is 17. The van der Waals surface area contributed by atoms with Crippen LogP contribution in [0.1, 0.15) is 25.0 Å². The summed E-state index contributed by atoms with van der Waals surface area (Å²) in [5.74, 6) is 0. The fourth-order valence-corrected chi connectivity index (χ4v) is 15.1. The summed E-state index contributed by atoms with van der Waals surface area (Å²) < 4.78 is 0. The van der Waals surface area contributed by atoms with Gasteiger partial charge in [-0.05, 0) is 212 Å². The van der Waals surface area contributed by atoms with Crippen molar-refractivity contribution >= 4 is 75.4 Å². The summed E-state index contributed by atoms with van der Waals surface area (Å²) in [6.45, 7) is 4.75. The van der Waals surface area contributed by atoms with E-state index in [4.69, 9.17) is 0 Å². The minimum absolute atomic E-state index is 0.103. The van der Waals surface area contributed by atoms with Crippen LogP contribution in [0.15, 0.2) is 340 Å². The van der Waals surface area contributed by atoms with Gasteiger partial charge in [-0.25, -0.2) is 0 Å². The molecule has 18 rings (SSSR count). The quantitative estimate of drug-likeness (QED) is 0.140. The van der Waals surface area contributed by atoms with Crippen LogP contribution in [0.3, 0.4) is 0 Å². The van der Waals surface area contributed by atoms with E-state index in [-0.39, 0.29) is 5.41 Å². The molecule has 0 aromatic heterocycles. The number of rotatable bonds is 7. The Hall–Kier alpha value is -11.4. The SMILES string of the molecule is CC1(C)c2cc(-c3ccccc3)ccc2-c2ccc(-c3ccc4c(-c5ccccc5)c5ccccc5c(-c5ccccc5)c4c3)cc21.c1ccc2cc(-c3c4ccccc4c(-c4ccc5ccccc5c4)c4cc(-c5cccc6ccccc56)ccc34)ccc2c1. The maximum Gasteiger partial charge on any atom is 0.0159 e. The van der Waals surface area contributed by atoms with Gasteiger partial charge in [0.15, 0.2) is 0 Å². The second-order valence-corrected chi connectivity index (χ2v) is 25.0. The predicted molar refractivity (Wildman–Crippen MR) is 391 cm³/mol. The highest BCUT2D eigenvalue weighted by Crippen LogP contribution is 2.52. The molecule has 426 valence electrons. The molecule has 17 aromatic carbocycles. The van der Waals surface area contributed by atoms with Gasteiger partial charge in [-0.1, -0.05) is 317 Å². The lowest BCUT2D eigenvalue weighted by Crippen LogP contribution is -2.15. The molecular formula is C91H62. The van der Waals surface area contributed by atoms with Gasteiger partial charge in [0.1, 0.15) is 0 Å².